The van der Waals surface area contributed by atoms with E-state index in [1.807, 2.05) is 32.0 Å². The van der Waals surface area contributed by atoms with Crippen molar-refractivity contribution in [3.05, 3.63) is 29.3 Å². The predicted octanol–water partition coefficient (Wildman–Crippen LogP) is 1.67. The molecule has 2 nitrogen and oxygen atoms in total. The second-order valence-corrected chi connectivity index (χ2v) is 4.11. The van der Waals surface area contributed by atoms with Crippen LogP contribution in [0.1, 0.15) is 25.0 Å². The summed E-state index contributed by atoms with van der Waals surface area (Å²) < 4.78 is 0. The fourth-order valence-corrected chi connectivity index (χ4v) is 2.06. The van der Waals surface area contributed by atoms with Gasteiger partial charge in [-0.25, -0.2) is 0 Å². The van der Waals surface area contributed by atoms with Crippen LogP contribution in [0.3, 0.4) is 0 Å². The molecule has 2 rings (SSSR count). The van der Waals surface area contributed by atoms with Gasteiger partial charge in [0.25, 0.3) is 0 Å². The van der Waals surface area contributed by atoms with Crippen molar-refractivity contribution < 1.29 is 4.79 Å². The van der Waals surface area contributed by atoms with Gasteiger partial charge in [0, 0.05) is 12.1 Å². The number of nitrogen functional groups attached to an aromatic ring is 1. The topological polar surface area (TPSA) is 43.1 Å². The molecule has 2 N–H and O–H groups in total. The molecular formula is C11H13NO. The lowest BCUT2D eigenvalue weighted by Gasteiger charge is -2.18. The number of fused-ring (bicyclic) bond motifs is 1. The zero-order valence-electron chi connectivity index (χ0n) is 7.92. The number of hydrogen-bond acceptors (Lipinski definition) is 2. The Kier molecular flexibility index (Phi) is 1.50. The number of carbonyl (C=O) groups is 1. The van der Waals surface area contributed by atoms with Gasteiger partial charge in [-0.1, -0.05) is 12.1 Å². The number of ketones is 1. The number of nitrogens with two attached hydrogens (primary N) is 1. The van der Waals surface area contributed by atoms with Gasteiger partial charge in [0.15, 0.2) is 0 Å². The Morgan fingerprint density at radius 2 is 2.08 bits per heavy atom. The summed E-state index contributed by atoms with van der Waals surface area (Å²) in [6.07, 6.45) is 0.535. The first kappa shape index (κ1) is 8.30. The molecule has 1 aromatic carbocycles. The van der Waals surface area contributed by atoms with E-state index in [-0.39, 0.29) is 11.2 Å². The smallest absolute Gasteiger partial charge is 0.147 e. The van der Waals surface area contributed by atoms with Crippen LogP contribution in [0.5, 0.6) is 0 Å². The van der Waals surface area contributed by atoms with E-state index in [1.165, 1.54) is 0 Å². The zero-order valence-corrected chi connectivity index (χ0v) is 7.92. The third kappa shape index (κ3) is 0.981. The van der Waals surface area contributed by atoms with Crippen molar-refractivity contribution in [1.29, 1.82) is 0 Å². The van der Waals surface area contributed by atoms with E-state index in [0.29, 0.717) is 6.42 Å². The highest BCUT2D eigenvalue weighted by atomic mass is 16.1. The number of carbonyl (C=O) groups excluding carboxylic acids is 1. The van der Waals surface area contributed by atoms with Gasteiger partial charge in [-0.15, -0.1) is 0 Å². The van der Waals surface area contributed by atoms with Crippen LogP contribution in [-0.4, -0.2) is 5.78 Å². The maximum absolute atomic E-state index is 11.6. The number of benzene rings is 1. The summed E-state index contributed by atoms with van der Waals surface area (Å²) in [5, 5.41) is 0. The van der Waals surface area contributed by atoms with Crippen LogP contribution < -0.4 is 5.73 Å². The third-order valence-corrected chi connectivity index (χ3v) is 2.86. The standard InChI is InChI=1S/C11H13NO/c1-11(2)9(13)6-7-4-3-5-8(12)10(7)11/h3-5H,6,12H2,1-2H3. The van der Waals surface area contributed by atoms with Gasteiger partial charge < -0.3 is 5.73 Å². The van der Waals surface area contributed by atoms with Crippen LogP contribution in [0.25, 0.3) is 0 Å². The number of hydrogen-bond donors (Lipinski definition) is 1. The molecule has 0 spiro atoms. The molecule has 0 aromatic heterocycles. The van der Waals surface area contributed by atoms with Crippen molar-refractivity contribution in [3.63, 3.8) is 0 Å². The van der Waals surface area contributed by atoms with Crippen molar-refractivity contribution in [2.24, 2.45) is 0 Å². The first-order valence-corrected chi connectivity index (χ1v) is 4.44. The van der Waals surface area contributed by atoms with E-state index in [9.17, 15) is 4.79 Å². The Morgan fingerprint density at radius 1 is 1.38 bits per heavy atom. The molecule has 0 atom stereocenters. The monoisotopic (exact) mass is 175 g/mol. The second kappa shape index (κ2) is 2.34. The molecule has 0 amide bonds. The van der Waals surface area contributed by atoms with E-state index in [1.54, 1.807) is 0 Å². The molecule has 1 aliphatic rings. The molecule has 0 bridgehead atoms. The highest BCUT2D eigenvalue weighted by Gasteiger charge is 2.39. The van der Waals surface area contributed by atoms with Gasteiger partial charge in [0.05, 0.1) is 5.41 Å². The molecular weight excluding hydrogens is 162 g/mol. The molecule has 0 saturated carbocycles. The molecule has 0 aliphatic heterocycles. The Balaban J connectivity index is 2.70. The molecule has 0 radical (unpaired) electrons. The number of anilines is 1. The van der Waals surface area contributed by atoms with Crippen LogP contribution in [0.4, 0.5) is 5.69 Å². The lowest BCUT2D eigenvalue weighted by molar-refractivity contribution is -0.121. The van der Waals surface area contributed by atoms with Gasteiger partial charge in [-0.3, -0.25) is 4.79 Å². The Morgan fingerprint density at radius 3 is 2.69 bits per heavy atom. The lowest BCUT2D eigenvalue weighted by atomic mass is 9.85. The Labute approximate surface area is 77.8 Å². The summed E-state index contributed by atoms with van der Waals surface area (Å²) in [6.45, 7) is 3.88. The van der Waals surface area contributed by atoms with Gasteiger partial charge in [-0.05, 0) is 31.0 Å². The van der Waals surface area contributed by atoms with Crippen LogP contribution in [0, 0.1) is 0 Å². The quantitative estimate of drug-likeness (QED) is 0.609. The summed E-state index contributed by atoms with van der Waals surface area (Å²) in [5.41, 5.74) is 8.33. The van der Waals surface area contributed by atoms with Gasteiger partial charge >= 0.3 is 0 Å². The minimum Gasteiger partial charge on any atom is -0.398 e. The van der Waals surface area contributed by atoms with E-state index in [2.05, 4.69) is 0 Å². The van der Waals surface area contributed by atoms with Gasteiger partial charge in [-0.2, -0.15) is 0 Å². The van der Waals surface area contributed by atoms with Crippen molar-refractivity contribution in [1.82, 2.24) is 0 Å². The molecule has 0 fully saturated rings. The van der Waals surface area contributed by atoms with E-state index < -0.39 is 0 Å². The molecule has 13 heavy (non-hydrogen) atoms. The summed E-state index contributed by atoms with van der Waals surface area (Å²) in [6, 6.07) is 5.75. The van der Waals surface area contributed by atoms with Crippen LogP contribution in [0.15, 0.2) is 18.2 Å². The maximum Gasteiger partial charge on any atom is 0.147 e. The SMILES string of the molecule is CC1(C)C(=O)Cc2cccc(N)c21. The van der Waals surface area contributed by atoms with Gasteiger partial charge in [0.2, 0.25) is 0 Å². The van der Waals surface area contributed by atoms with Crippen LogP contribution >= 0.6 is 0 Å². The average Bonchev–Trinajstić information content (AvgIpc) is 2.24. The Bertz CT molecular complexity index is 380. The number of rotatable bonds is 0. The molecule has 0 unspecified atom stereocenters. The lowest BCUT2D eigenvalue weighted by Crippen LogP contribution is -2.24. The fraction of sp³-hybridized carbons (Fsp3) is 0.364. The second-order valence-electron chi connectivity index (χ2n) is 4.11. The van der Waals surface area contributed by atoms with Crippen molar-refractivity contribution >= 4 is 11.5 Å². The molecule has 68 valence electrons. The summed E-state index contributed by atoms with van der Waals surface area (Å²) in [5.74, 6) is 0.264. The van der Waals surface area contributed by atoms with E-state index >= 15 is 0 Å². The normalized spacial score (nSPS) is 18.8. The molecule has 2 heteroatoms. The zero-order chi connectivity index (χ0) is 9.64. The predicted molar refractivity (Wildman–Crippen MR) is 52.6 cm³/mol. The van der Waals surface area contributed by atoms with Crippen molar-refractivity contribution in [3.8, 4) is 0 Å². The number of Topliss-reactive ketones (excluding diaryl/α,β-unsaturated/α-hetero) is 1. The van der Waals surface area contributed by atoms with Crippen molar-refractivity contribution in [2.45, 2.75) is 25.7 Å². The summed E-state index contributed by atoms with van der Waals surface area (Å²) in [7, 11) is 0. The largest absolute Gasteiger partial charge is 0.398 e. The Hall–Kier alpha value is -1.31. The van der Waals surface area contributed by atoms with Crippen LogP contribution in [-0.2, 0) is 16.6 Å². The molecule has 0 heterocycles. The molecule has 1 aliphatic carbocycles. The highest BCUT2D eigenvalue weighted by Crippen LogP contribution is 2.38. The summed E-state index contributed by atoms with van der Waals surface area (Å²) in [4.78, 5) is 11.6. The van der Waals surface area contributed by atoms with Crippen LogP contribution in [0.2, 0.25) is 0 Å². The first-order chi connectivity index (χ1) is 6.03. The minimum atomic E-state index is -0.388. The summed E-state index contributed by atoms with van der Waals surface area (Å²) >= 11 is 0. The third-order valence-electron chi connectivity index (χ3n) is 2.86. The van der Waals surface area contributed by atoms with E-state index in [0.717, 1.165) is 16.8 Å². The van der Waals surface area contributed by atoms with E-state index in [4.69, 9.17) is 5.73 Å². The fourth-order valence-electron chi connectivity index (χ4n) is 2.06. The molecule has 1 aromatic rings. The average molecular weight is 175 g/mol. The van der Waals surface area contributed by atoms with Crippen molar-refractivity contribution in [2.75, 3.05) is 5.73 Å². The first-order valence-electron chi connectivity index (χ1n) is 4.44. The minimum absolute atomic E-state index is 0.264. The molecule has 0 saturated heterocycles. The van der Waals surface area contributed by atoms with Gasteiger partial charge in [0.1, 0.15) is 5.78 Å². The maximum atomic E-state index is 11.6. The highest BCUT2D eigenvalue weighted by molar-refractivity contribution is 5.97.